The minimum Gasteiger partial charge on any atom is -0.370 e. The first kappa shape index (κ1) is 16.3. The summed E-state index contributed by atoms with van der Waals surface area (Å²) in [6.07, 6.45) is -1.62. The van der Waals surface area contributed by atoms with E-state index in [2.05, 4.69) is 15.6 Å². The minimum absolute atomic E-state index is 0.153. The lowest BCUT2D eigenvalue weighted by atomic mass is 10.1. The van der Waals surface area contributed by atoms with Crippen LogP contribution in [0.15, 0.2) is 12.1 Å². The molecule has 1 rings (SSSR count). The second kappa shape index (κ2) is 7.77. The van der Waals surface area contributed by atoms with Gasteiger partial charge in [-0.25, -0.2) is 13.8 Å². The first-order valence-electron chi connectivity index (χ1n) is 6.76. The molecule has 0 saturated carbocycles. The summed E-state index contributed by atoms with van der Waals surface area (Å²) in [6, 6.07) is 3.23. The van der Waals surface area contributed by atoms with Crippen molar-refractivity contribution in [3.8, 4) is 0 Å². The van der Waals surface area contributed by atoms with Crippen molar-refractivity contribution in [2.45, 2.75) is 39.5 Å². The first-order chi connectivity index (χ1) is 9.43. The summed E-state index contributed by atoms with van der Waals surface area (Å²) >= 11 is 0. The van der Waals surface area contributed by atoms with Gasteiger partial charge in [-0.05, 0) is 24.5 Å². The smallest absolute Gasteiger partial charge is 0.255 e. The van der Waals surface area contributed by atoms with Gasteiger partial charge >= 0.3 is 0 Å². The molecule has 1 aromatic rings. The molecule has 0 saturated heterocycles. The van der Waals surface area contributed by atoms with Crippen LogP contribution >= 0.6 is 0 Å². The number of hydrogen-bond donors (Lipinski definition) is 2. The number of carbonyl (C=O) groups excluding carboxylic acids is 1. The quantitative estimate of drug-likeness (QED) is 0.809. The Morgan fingerprint density at radius 3 is 2.60 bits per heavy atom. The van der Waals surface area contributed by atoms with Crippen LogP contribution < -0.4 is 10.6 Å². The SMILES string of the molecule is CCCNc1cc(C(=O)NCC(F)F)cc(C(C)C)n1. The minimum atomic E-state index is -2.55. The lowest BCUT2D eigenvalue weighted by Crippen LogP contribution is -2.28. The molecule has 0 spiro atoms. The molecule has 1 heterocycles. The number of pyridine rings is 1. The maximum Gasteiger partial charge on any atom is 0.255 e. The number of halogens is 2. The number of hydrogen-bond acceptors (Lipinski definition) is 3. The van der Waals surface area contributed by atoms with Crippen LogP contribution in [-0.4, -0.2) is 30.4 Å². The second-order valence-corrected chi connectivity index (χ2v) is 4.85. The highest BCUT2D eigenvalue weighted by atomic mass is 19.3. The van der Waals surface area contributed by atoms with Gasteiger partial charge < -0.3 is 10.6 Å². The van der Waals surface area contributed by atoms with Gasteiger partial charge in [0, 0.05) is 17.8 Å². The van der Waals surface area contributed by atoms with Gasteiger partial charge in [-0.2, -0.15) is 0 Å². The van der Waals surface area contributed by atoms with Crippen molar-refractivity contribution in [3.63, 3.8) is 0 Å². The van der Waals surface area contributed by atoms with E-state index >= 15 is 0 Å². The van der Waals surface area contributed by atoms with Crippen molar-refractivity contribution < 1.29 is 13.6 Å². The molecule has 2 N–H and O–H groups in total. The predicted octanol–water partition coefficient (Wildman–Crippen LogP) is 3.02. The standard InChI is InChI=1S/C14H21F2N3O/c1-4-5-17-13-7-10(6-11(19-13)9(2)3)14(20)18-8-12(15)16/h6-7,9,12H,4-5,8H2,1-3H3,(H,17,19)(H,18,20). The highest BCUT2D eigenvalue weighted by Crippen LogP contribution is 2.17. The van der Waals surface area contributed by atoms with Gasteiger partial charge in [-0.15, -0.1) is 0 Å². The van der Waals surface area contributed by atoms with Crippen LogP contribution in [0.5, 0.6) is 0 Å². The second-order valence-electron chi connectivity index (χ2n) is 4.85. The number of rotatable bonds is 7. The Hall–Kier alpha value is -1.72. The molecule has 0 fully saturated rings. The molecular formula is C14H21F2N3O. The highest BCUT2D eigenvalue weighted by molar-refractivity contribution is 5.95. The van der Waals surface area contributed by atoms with E-state index in [4.69, 9.17) is 0 Å². The van der Waals surface area contributed by atoms with Crippen LogP contribution in [0.2, 0.25) is 0 Å². The number of nitrogens with one attached hydrogen (secondary N) is 2. The lowest BCUT2D eigenvalue weighted by Gasteiger charge is -2.12. The molecule has 0 atom stereocenters. The molecule has 1 amide bonds. The zero-order valence-electron chi connectivity index (χ0n) is 12.0. The zero-order chi connectivity index (χ0) is 15.1. The van der Waals surface area contributed by atoms with Crippen LogP contribution in [0.3, 0.4) is 0 Å². The van der Waals surface area contributed by atoms with E-state index in [9.17, 15) is 13.6 Å². The lowest BCUT2D eigenvalue weighted by molar-refractivity contribution is 0.0891. The Morgan fingerprint density at radius 1 is 1.35 bits per heavy atom. The van der Waals surface area contributed by atoms with Crippen molar-refractivity contribution in [1.82, 2.24) is 10.3 Å². The summed E-state index contributed by atoms with van der Waals surface area (Å²) in [7, 11) is 0. The Kier molecular flexibility index (Phi) is 6.35. The number of nitrogens with zero attached hydrogens (tertiary/aromatic N) is 1. The van der Waals surface area contributed by atoms with Crippen LogP contribution in [-0.2, 0) is 0 Å². The summed E-state index contributed by atoms with van der Waals surface area (Å²) in [5.74, 6) is 0.245. The maximum absolute atomic E-state index is 12.1. The van der Waals surface area contributed by atoms with Gasteiger partial charge in [-0.1, -0.05) is 20.8 Å². The molecule has 0 unspecified atom stereocenters. The molecule has 20 heavy (non-hydrogen) atoms. The molecule has 0 aromatic carbocycles. The van der Waals surface area contributed by atoms with Crippen LogP contribution in [0.1, 0.15) is 49.2 Å². The van der Waals surface area contributed by atoms with Gasteiger partial charge in [0.15, 0.2) is 0 Å². The van der Waals surface area contributed by atoms with Gasteiger partial charge in [0.2, 0.25) is 0 Å². The molecule has 4 nitrogen and oxygen atoms in total. The molecule has 0 aliphatic heterocycles. The molecule has 1 aromatic heterocycles. The van der Waals surface area contributed by atoms with E-state index in [0.717, 1.165) is 18.7 Å². The molecule has 0 aliphatic carbocycles. The van der Waals surface area contributed by atoms with Crippen molar-refractivity contribution in [1.29, 1.82) is 0 Å². The fourth-order valence-corrected chi connectivity index (χ4v) is 1.59. The number of anilines is 1. The average Bonchev–Trinajstić information content (AvgIpc) is 2.41. The van der Waals surface area contributed by atoms with E-state index in [1.54, 1.807) is 12.1 Å². The number of alkyl halides is 2. The normalized spacial score (nSPS) is 10.9. The van der Waals surface area contributed by atoms with Crippen molar-refractivity contribution in [2.75, 3.05) is 18.4 Å². The largest absolute Gasteiger partial charge is 0.370 e. The van der Waals surface area contributed by atoms with E-state index in [0.29, 0.717) is 11.4 Å². The topological polar surface area (TPSA) is 54.0 Å². The van der Waals surface area contributed by atoms with Gasteiger partial charge in [0.1, 0.15) is 5.82 Å². The van der Waals surface area contributed by atoms with E-state index < -0.39 is 18.9 Å². The Bertz CT molecular complexity index is 450. The van der Waals surface area contributed by atoms with Crippen molar-refractivity contribution >= 4 is 11.7 Å². The highest BCUT2D eigenvalue weighted by Gasteiger charge is 2.13. The van der Waals surface area contributed by atoms with Gasteiger partial charge in [0.25, 0.3) is 12.3 Å². The Morgan fingerprint density at radius 2 is 2.05 bits per heavy atom. The third kappa shape index (κ3) is 5.11. The fraction of sp³-hybridized carbons (Fsp3) is 0.571. The molecule has 6 heteroatoms. The third-order valence-corrected chi connectivity index (χ3v) is 2.67. The van der Waals surface area contributed by atoms with E-state index in [1.807, 2.05) is 20.8 Å². The molecular weight excluding hydrogens is 264 g/mol. The molecule has 0 aliphatic rings. The van der Waals surface area contributed by atoms with Crippen LogP contribution in [0.25, 0.3) is 0 Å². The van der Waals surface area contributed by atoms with E-state index in [-0.39, 0.29) is 5.92 Å². The number of aromatic nitrogens is 1. The van der Waals surface area contributed by atoms with Crippen LogP contribution in [0.4, 0.5) is 14.6 Å². The number of carbonyl (C=O) groups is 1. The van der Waals surface area contributed by atoms with Crippen LogP contribution in [0, 0.1) is 0 Å². The Labute approximate surface area is 118 Å². The first-order valence-corrected chi connectivity index (χ1v) is 6.76. The molecule has 0 bridgehead atoms. The summed E-state index contributed by atoms with van der Waals surface area (Å²) in [6.45, 7) is 6.05. The van der Waals surface area contributed by atoms with Gasteiger partial charge in [-0.3, -0.25) is 4.79 Å². The molecule has 112 valence electrons. The van der Waals surface area contributed by atoms with Gasteiger partial charge in [0.05, 0.1) is 6.54 Å². The molecule has 0 radical (unpaired) electrons. The third-order valence-electron chi connectivity index (χ3n) is 2.67. The summed E-state index contributed by atoms with van der Waals surface area (Å²) in [4.78, 5) is 16.3. The predicted molar refractivity (Wildman–Crippen MR) is 75.4 cm³/mol. The van der Waals surface area contributed by atoms with Crippen molar-refractivity contribution in [3.05, 3.63) is 23.4 Å². The fourth-order valence-electron chi connectivity index (χ4n) is 1.59. The zero-order valence-corrected chi connectivity index (χ0v) is 12.0. The summed E-state index contributed by atoms with van der Waals surface area (Å²) < 4.78 is 24.2. The summed E-state index contributed by atoms with van der Waals surface area (Å²) in [5, 5.41) is 5.31. The maximum atomic E-state index is 12.1. The Balaban J connectivity index is 2.92. The van der Waals surface area contributed by atoms with E-state index in [1.165, 1.54) is 0 Å². The number of amides is 1. The van der Waals surface area contributed by atoms with Crippen molar-refractivity contribution in [2.24, 2.45) is 0 Å². The monoisotopic (exact) mass is 285 g/mol. The summed E-state index contributed by atoms with van der Waals surface area (Å²) in [5.41, 5.74) is 1.11. The average molecular weight is 285 g/mol.